The normalized spacial score (nSPS) is 15.9. The number of nitrogens with zero attached hydrogens (tertiary/aromatic N) is 3. The van der Waals surface area contributed by atoms with Gasteiger partial charge < -0.3 is 0 Å². The van der Waals surface area contributed by atoms with Crippen LogP contribution >= 0.6 is 23.2 Å². The van der Waals surface area contributed by atoms with Crippen LogP contribution in [0.4, 0.5) is 0 Å². The highest BCUT2D eigenvalue weighted by Gasteiger charge is 2.27. The van der Waals surface area contributed by atoms with Gasteiger partial charge in [-0.2, -0.15) is 0 Å². The molecule has 4 aromatic rings. The summed E-state index contributed by atoms with van der Waals surface area (Å²) in [6.07, 6.45) is 5.54. The van der Waals surface area contributed by atoms with Gasteiger partial charge in [-0.25, -0.2) is 9.97 Å². The predicted molar refractivity (Wildman–Crippen MR) is 109 cm³/mol. The van der Waals surface area contributed by atoms with E-state index in [0.717, 1.165) is 40.0 Å². The molecule has 5 rings (SSSR count). The first-order valence-electron chi connectivity index (χ1n) is 8.85. The van der Waals surface area contributed by atoms with Crippen LogP contribution in [0.2, 0.25) is 10.0 Å². The second kappa shape index (κ2) is 6.59. The number of fused-ring (bicyclic) bond motifs is 2. The van der Waals surface area contributed by atoms with Gasteiger partial charge in [0.25, 0.3) is 0 Å². The van der Waals surface area contributed by atoms with Crippen LogP contribution in [-0.2, 0) is 6.42 Å². The number of aryl methyl sites for hydroxylation is 1. The minimum absolute atomic E-state index is 0.205. The van der Waals surface area contributed by atoms with Gasteiger partial charge in [0.15, 0.2) is 5.82 Å². The lowest BCUT2D eigenvalue weighted by Crippen LogP contribution is -2.04. The van der Waals surface area contributed by atoms with Crippen molar-refractivity contribution in [3.8, 4) is 11.4 Å². The molecule has 2 aromatic carbocycles. The number of rotatable bonds is 2. The van der Waals surface area contributed by atoms with E-state index in [1.165, 1.54) is 11.1 Å². The van der Waals surface area contributed by atoms with Crippen molar-refractivity contribution in [2.45, 2.75) is 18.8 Å². The summed E-state index contributed by atoms with van der Waals surface area (Å²) in [5.74, 6) is 0.895. The molecule has 0 spiro atoms. The van der Waals surface area contributed by atoms with Gasteiger partial charge in [-0.15, -0.1) is 0 Å². The van der Waals surface area contributed by atoms with Gasteiger partial charge in [0, 0.05) is 39.3 Å². The zero-order valence-corrected chi connectivity index (χ0v) is 15.9. The molecule has 1 atom stereocenters. The standard InChI is InChI=1S/C22H15Cl2N3/c23-15-4-7-17-13(10-15)3-6-18(17)21-19-11-16(24)5-8-20(19)26-22(27-21)14-2-1-9-25-12-14/h1-2,4-5,7-12,18H,3,6H2. The largest absolute Gasteiger partial charge is 0.264 e. The molecule has 1 aliphatic carbocycles. The van der Waals surface area contributed by atoms with Crippen LogP contribution in [0.25, 0.3) is 22.3 Å². The summed E-state index contributed by atoms with van der Waals surface area (Å²) in [4.78, 5) is 13.9. The smallest absolute Gasteiger partial charge is 0.161 e. The summed E-state index contributed by atoms with van der Waals surface area (Å²) < 4.78 is 0. The Morgan fingerprint density at radius 3 is 2.63 bits per heavy atom. The maximum absolute atomic E-state index is 6.29. The molecule has 2 heterocycles. The first-order chi connectivity index (χ1) is 13.2. The van der Waals surface area contributed by atoms with E-state index in [1.54, 1.807) is 12.4 Å². The molecule has 0 fully saturated rings. The SMILES string of the molecule is Clc1ccc2c(c1)CCC2c1nc(-c2cccnc2)nc2ccc(Cl)cc12. The van der Waals surface area contributed by atoms with Gasteiger partial charge in [0.1, 0.15) is 0 Å². The van der Waals surface area contributed by atoms with E-state index in [1.807, 2.05) is 36.4 Å². The minimum atomic E-state index is 0.205. The van der Waals surface area contributed by atoms with E-state index >= 15 is 0 Å². The van der Waals surface area contributed by atoms with Gasteiger partial charge in [-0.05, 0) is 66.4 Å². The fraction of sp³-hybridized carbons (Fsp3) is 0.136. The molecule has 2 aromatic heterocycles. The average Bonchev–Trinajstić information content (AvgIpc) is 3.10. The summed E-state index contributed by atoms with van der Waals surface area (Å²) in [7, 11) is 0. The second-order valence-electron chi connectivity index (χ2n) is 6.77. The van der Waals surface area contributed by atoms with Crippen molar-refractivity contribution in [1.82, 2.24) is 15.0 Å². The third-order valence-corrected chi connectivity index (χ3v) is 5.59. The minimum Gasteiger partial charge on any atom is -0.264 e. The fourth-order valence-electron chi connectivity index (χ4n) is 3.88. The van der Waals surface area contributed by atoms with Gasteiger partial charge in [0.05, 0.1) is 11.2 Å². The Morgan fingerprint density at radius 1 is 0.926 bits per heavy atom. The quantitative estimate of drug-likeness (QED) is 0.415. The average molecular weight is 392 g/mol. The predicted octanol–water partition coefficient (Wildman–Crippen LogP) is 6.08. The molecule has 0 radical (unpaired) electrons. The van der Waals surface area contributed by atoms with Crippen molar-refractivity contribution in [2.24, 2.45) is 0 Å². The molecule has 1 aliphatic rings. The highest BCUT2D eigenvalue weighted by molar-refractivity contribution is 6.31. The topological polar surface area (TPSA) is 38.7 Å². The van der Waals surface area contributed by atoms with E-state index in [-0.39, 0.29) is 5.92 Å². The van der Waals surface area contributed by atoms with Crippen LogP contribution in [0.3, 0.4) is 0 Å². The van der Waals surface area contributed by atoms with Crippen molar-refractivity contribution in [2.75, 3.05) is 0 Å². The molecule has 0 bridgehead atoms. The van der Waals surface area contributed by atoms with E-state index < -0.39 is 0 Å². The van der Waals surface area contributed by atoms with E-state index in [2.05, 4.69) is 17.1 Å². The summed E-state index contributed by atoms with van der Waals surface area (Å²) in [5.41, 5.74) is 5.40. The zero-order chi connectivity index (χ0) is 18.4. The molecular formula is C22H15Cl2N3. The molecule has 5 heteroatoms. The Hall–Kier alpha value is -2.49. The number of hydrogen-bond donors (Lipinski definition) is 0. The molecule has 0 aliphatic heterocycles. The highest BCUT2D eigenvalue weighted by Crippen LogP contribution is 2.41. The number of hydrogen-bond acceptors (Lipinski definition) is 3. The number of benzene rings is 2. The molecule has 3 nitrogen and oxygen atoms in total. The van der Waals surface area contributed by atoms with Crippen LogP contribution in [0.15, 0.2) is 60.9 Å². The van der Waals surface area contributed by atoms with Crippen molar-refractivity contribution < 1.29 is 0 Å². The molecule has 132 valence electrons. The molecule has 1 unspecified atom stereocenters. The summed E-state index contributed by atoms with van der Waals surface area (Å²) in [5, 5.41) is 2.47. The van der Waals surface area contributed by atoms with Gasteiger partial charge in [-0.1, -0.05) is 29.3 Å². The van der Waals surface area contributed by atoms with E-state index in [4.69, 9.17) is 33.2 Å². The van der Waals surface area contributed by atoms with Crippen LogP contribution in [0, 0.1) is 0 Å². The van der Waals surface area contributed by atoms with Crippen molar-refractivity contribution in [3.63, 3.8) is 0 Å². The Morgan fingerprint density at radius 2 is 1.78 bits per heavy atom. The Balaban J connectivity index is 1.75. The summed E-state index contributed by atoms with van der Waals surface area (Å²) in [6, 6.07) is 15.8. The van der Waals surface area contributed by atoms with E-state index in [9.17, 15) is 0 Å². The lowest BCUT2D eigenvalue weighted by atomic mass is 9.94. The monoisotopic (exact) mass is 391 g/mol. The maximum atomic E-state index is 6.29. The second-order valence-corrected chi connectivity index (χ2v) is 7.64. The van der Waals surface area contributed by atoms with Crippen LogP contribution in [0.1, 0.15) is 29.2 Å². The van der Waals surface area contributed by atoms with Gasteiger partial charge >= 0.3 is 0 Å². The summed E-state index contributed by atoms with van der Waals surface area (Å²) >= 11 is 12.5. The molecule has 0 saturated carbocycles. The first kappa shape index (κ1) is 16.7. The number of halogens is 2. The number of pyridine rings is 1. The van der Waals surface area contributed by atoms with Crippen LogP contribution < -0.4 is 0 Å². The first-order valence-corrected chi connectivity index (χ1v) is 9.60. The van der Waals surface area contributed by atoms with Crippen molar-refractivity contribution >= 4 is 34.1 Å². The Bertz CT molecular complexity index is 1160. The molecule has 27 heavy (non-hydrogen) atoms. The Labute approximate surface area is 167 Å². The molecular weight excluding hydrogens is 377 g/mol. The number of aromatic nitrogens is 3. The molecule has 0 saturated heterocycles. The molecule has 0 N–H and O–H groups in total. The van der Waals surface area contributed by atoms with Crippen LogP contribution in [-0.4, -0.2) is 15.0 Å². The van der Waals surface area contributed by atoms with Gasteiger partial charge in [-0.3, -0.25) is 4.98 Å². The summed E-state index contributed by atoms with van der Waals surface area (Å²) in [6.45, 7) is 0. The zero-order valence-electron chi connectivity index (χ0n) is 14.4. The third kappa shape index (κ3) is 2.97. The maximum Gasteiger partial charge on any atom is 0.161 e. The van der Waals surface area contributed by atoms with Crippen molar-refractivity contribution in [3.05, 3.63) is 87.8 Å². The van der Waals surface area contributed by atoms with Crippen molar-refractivity contribution in [1.29, 1.82) is 0 Å². The fourth-order valence-corrected chi connectivity index (χ4v) is 4.25. The molecule has 0 amide bonds. The Kier molecular flexibility index (Phi) is 4.07. The lowest BCUT2D eigenvalue weighted by Gasteiger charge is -2.16. The van der Waals surface area contributed by atoms with Crippen LogP contribution in [0.5, 0.6) is 0 Å². The van der Waals surface area contributed by atoms with Gasteiger partial charge in [0.2, 0.25) is 0 Å². The van der Waals surface area contributed by atoms with E-state index in [0.29, 0.717) is 10.8 Å². The third-order valence-electron chi connectivity index (χ3n) is 5.12. The highest BCUT2D eigenvalue weighted by atomic mass is 35.5. The lowest BCUT2D eigenvalue weighted by molar-refractivity contribution is 0.767.